The largest absolute Gasteiger partial charge is 0.300 e. The van der Waals surface area contributed by atoms with Gasteiger partial charge in [0.1, 0.15) is 5.78 Å². The zero-order chi connectivity index (χ0) is 10.6. The fourth-order valence-electron chi connectivity index (χ4n) is 1.25. The summed E-state index contributed by atoms with van der Waals surface area (Å²) in [5.74, 6) is -0.372. The van der Waals surface area contributed by atoms with Crippen LogP contribution in [0.5, 0.6) is 0 Å². The Morgan fingerprint density at radius 3 is 2.86 bits per heavy atom. The van der Waals surface area contributed by atoms with Crippen LogP contribution < -0.4 is 0 Å². The number of ketones is 1. The Kier molecular flexibility index (Phi) is 3.67. The van der Waals surface area contributed by atoms with Crippen molar-refractivity contribution in [1.82, 2.24) is 0 Å². The van der Waals surface area contributed by atoms with E-state index < -0.39 is 0 Å². The first-order valence-electron chi connectivity index (χ1n) is 4.28. The summed E-state index contributed by atoms with van der Waals surface area (Å²) in [4.78, 5) is 10.9. The fourth-order valence-corrected chi connectivity index (χ4v) is 1.45. The monoisotopic (exact) mass is 207 g/mol. The third kappa shape index (κ3) is 2.86. The molecule has 1 aromatic rings. The Morgan fingerprint density at radius 1 is 1.64 bits per heavy atom. The van der Waals surface area contributed by atoms with E-state index in [1.807, 2.05) is 6.07 Å². The zero-order valence-corrected chi connectivity index (χ0v) is 8.58. The number of benzene rings is 1. The fraction of sp³-hybridized carbons (Fsp3) is 0.273. The van der Waals surface area contributed by atoms with Crippen LogP contribution in [0.1, 0.15) is 24.8 Å². The minimum atomic E-state index is -0.383. The van der Waals surface area contributed by atoms with Crippen molar-refractivity contribution in [2.45, 2.75) is 19.3 Å². The van der Waals surface area contributed by atoms with Gasteiger partial charge in [-0.25, -0.2) is 0 Å². The van der Waals surface area contributed by atoms with Crippen molar-refractivity contribution in [3.05, 3.63) is 34.9 Å². The van der Waals surface area contributed by atoms with Gasteiger partial charge in [-0.15, -0.1) is 0 Å². The Labute approximate surface area is 88.1 Å². The number of carbonyl (C=O) groups excluding carboxylic acids is 1. The molecule has 1 rings (SSSR count). The van der Waals surface area contributed by atoms with Crippen LogP contribution in [-0.4, -0.2) is 5.78 Å². The molecule has 0 aliphatic heterocycles. The van der Waals surface area contributed by atoms with E-state index in [1.54, 1.807) is 18.2 Å². The molecule has 0 amide bonds. The Hall–Kier alpha value is -1.33. The summed E-state index contributed by atoms with van der Waals surface area (Å²) in [5, 5.41) is 9.46. The number of hydrogen-bond donors (Lipinski definition) is 0. The highest BCUT2D eigenvalue weighted by molar-refractivity contribution is 6.30. The van der Waals surface area contributed by atoms with Crippen molar-refractivity contribution in [3.63, 3.8) is 0 Å². The number of carbonyl (C=O) groups is 1. The Balaban J connectivity index is 2.90. The van der Waals surface area contributed by atoms with Gasteiger partial charge in [0.2, 0.25) is 0 Å². The molecule has 3 heteroatoms. The van der Waals surface area contributed by atoms with Crippen LogP contribution in [0.4, 0.5) is 0 Å². The molecule has 72 valence electrons. The minimum absolute atomic E-state index is 0.0107. The SMILES string of the molecule is CC(=O)CC(C#N)c1cccc(Cl)c1. The lowest BCUT2D eigenvalue weighted by Gasteiger charge is -2.06. The number of halogens is 1. The number of hydrogen-bond acceptors (Lipinski definition) is 2. The van der Waals surface area contributed by atoms with Gasteiger partial charge in [-0.05, 0) is 24.6 Å². The highest BCUT2D eigenvalue weighted by Crippen LogP contribution is 2.22. The lowest BCUT2D eigenvalue weighted by Crippen LogP contribution is -2.01. The second-order valence-corrected chi connectivity index (χ2v) is 3.58. The predicted octanol–water partition coefficient (Wildman–Crippen LogP) is 2.93. The van der Waals surface area contributed by atoms with E-state index in [4.69, 9.17) is 16.9 Å². The van der Waals surface area contributed by atoms with Crippen molar-refractivity contribution in [2.75, 3.05) is 0 Å². The molecule has 1 unspecified atom stereocenters. The molecule has 0 heterocycles. The van der Waals surface area contributed by atoms with Crippen LogP contribution in [0.3, 0.4) is 0 Å². The van der Waals surface area contributed by atoms with Crippen molar-refractivity contribution in [3.8, 4) is 6.07 Å². The second kappa shape index (κ2) is 4.78. The standard InChI is InChI=1S/C11H10ClNO/c1-8(14)5-10(7-13)9-3-2-4-11(12)6-9/h2-4,6,10H,5H2,1H3. The van der Waals surface area contributed by atoms with E-state index in [-0.39, 0.29) is 18.1 Å². The lowest BCUT2D eigenvalue weighted by molar-refractivity contribution is -0.117. The predicted molar refractivity (Wildman–Crippen MR) is 55.1 cm³/mol. The molecule has 0 saturated carbocycles. The first-order valence-corrected chi connectivity index (χ1v) is 4.66. The van der Waals surface area contributed by atoms with Gasteiger partial charge in [-0.1, -0.05) is 23.7 Å². The average Bonchev–Trinajstić information content (AvgIpc) is 2.14. The minimum Gasteiger partial charge on any atom is -0.300 e. The van der Waals surface area contributed by atoms with Crippen LogP contribution in [0.2, 0.25) is 5.02 Å². The highest BCUT2D eigenvalue weighted by Gasteiger charge is 2.12. The van der Waals surface area contributed by atoms with Gasteiger partial charge in [-0.3, -0.25) is 4.79 Å². The maximum Gasteiger partial charge on any atom is 0.131 e. The molecule has 0 N–H and O–H groups in total. The summed E-state index contributed by atoms with van der Waals surface area (Å²) < 4.78 is 0. The molecule has 1 aromatic carbocycles. The van der Waals surface area contributed by atoms with Crippen molar-refractivity contribution in [2.24, 2.45) is 0 Å². The van der Waals surface area contributed by atoms with Gasteiger partial charge in [0.05, 0.1) is 12.0 Å². The van der Waals surface area contributed by atoms with E-state index in [0.29, 0.717) is 5.02 Å². The lowest BCUT2D eigenvalue weighted by atomic mass is 9.96. The number of nitriles is 1. The molecule has 0 bridgehead atoms. The first-order chi connectivity index (χ1) is 6.63. The van der Waals surface area contributed by atoms with Gasteiger partial charge in [0.25, 0.3) is 0 Å². The Bertz CT molecular complexity index is 381. The van der Waals surface area contributed by atoms with Gasteiger partial charge in [-0.2, -0.15) is 5.26 Å². The molecule has 0 aliphatic carbocycles. The normalized spacial score (nSPS) is 11.8. The first kappa shape index (κ1) is 10.7. The van der Waals surface area contributed by atoms with E-state index in [1.165, 1.54) is 6.92 Å². The van der Waals surface area contributed by atoms with Crippen LogP contribution in [0.15, 0.2) is 24.3 Å². The topological polar surface area (TPSA) is 40.9 Å². The smallest absolute Gasteiger partial charge is 0.131 e. The molecule has 0 spiro atoms. The van der Waals surface area contributed by atoms with Crippen LogP contribution in [-0.2, 0) is 4.79 Å². The summed E-state index contributed by atoms with van der Waals surface area (Å²) in [6.45, 7) is 1.48. The van der Waals surface area contributed by atoms with E-state index in [9.17, 15) is 4.79 Å². The van der Waals surface area contributed by atoms with Crippen molar-refractivity contribution in [1.29, 1.82) is 5.26 Å². The highest BCUT2D eigenvalue weighted by atomic mass is 35.5. The quantitative estimate of drug-likeness (QED) is 0.765. The van der Waals surface area contributed by atoms with Gasteiger partial charge in [0, 0.05) is 11.4 Å². The summed E-state index contributed by atoms with van der Waals surface area (Å²) in [7, 11) is 0. The van der Waals surface area contributed by atoms with E-state index in [2.05, 4.69) is 6.07 Å². The molecule has 0 saturated heterocycles. The van der Waals surface area contributed by atoms with Gasteiger partial charge in [0.15, 0.2) is 0 Å². The maximum atomic E-state index is 10.9. The van der Waals surface area contributed by atoms with Crippen molar-refractivity contribution < 1.29 is 4.79 Å². The van der Waals surface area contributed by atoms with Crippen LogP contribution >= 0.6 is 11.6 Å². The number of nitrogens with zero attached hydrogens (tertiary/aromatic N) is 1. The van der Waals surface area contributed by atoms with Crippen molar-refractivity contribution >= 4 is 17.4 Å². The molecule has 1 atom stereocenters. The Morgan fingerprint density at radius 2 is 2.36 bits per heavy atom. The second-order valence-electron chi connectivity index (χ2n) is 3.14. The van der Waals surface area contributed by atoms with Crippen LogP contribution in [0, 0.1) is 11.3 Å². The molecule has 0 radical (unpaired) electrons. The number of rotatable bonds is 3. The molecule has 0 aromatic heterocycles. The summed E-state index contributed by atoms with van der Waals surface area (Å²) >= 11 is 5.79. The molecule has 14 heavy (non-hydrogen) atoms. The summed E-state index contributed by atoms with van der Waals surface area (Å²) in [6.07, 6.45) is 0.247. The van der Waals surface area contributed by atoms with E-state index >= 15 is 0 Å². The molecular weight excluding hydrogens is 198 g/mol. The van der Waals surface area contributed by atoms with E-state index in [0.717, 1.165) is 5.56 Å². The molecular formula is C11H10ClNO. The number of Topliss-reactive ketones (excluding diaryl/α,β-unsaturated/α-hetero) is 1. The molecule has 2 nitrogen and oxygen atoms in total. The summed E-state index contributed by atoms with van der Waals surface area (Å²) in [5.41, 5.74) is 0.801. The zero-order valence-electron chi connectivity index (χ0n) is 7.83. The third-order valence-electron chi connectivity index (χ3n) is 1.90. The maximum absolute atomic E-state index is 10.9. The van der Waals surface area contributed by atoms with Gasteiger partial charge < -0.3 is 0 Å². The third-order valence-corrected chi connectivity index (χ3v) is 2.13. The van der Waals surface area contributed by atoms with Gasteiger partial charge >= 0.3 is 0 Å². The summed E-state index contributed by atoms with van der Waals surface area (Å²) in [6, 6.07) is 9.15. The molecule has 0 aliphatic rings. The molecule has 0 fully saturated rings. The average molecular weight is 208 g/mol. The van der Waals surface area contributed by atoms with Crippen LogP contribution in [0.25, 0.3) is 0 Å².